The Hall–Kier alpha value is 0.197. The lowest BCUT2D eigenvalue weighted by atomic mass is 10.1. The van der Waals surface area contributed by atoms with Gasteiger partial charge in [0.15, 0.2) is 0 Å². The molecule has 0 amide bonds. The van der Waals surface area contributed by atoms with E-state index in [1.807, 2.05) is 0 Å². The molecule has 0 nitrogen and oxygen atoms in total. The van der Waals surface area contributed by atoms with Crippen LogP contribution in [-0.4, -0.2) is 26.1 Å². The van der Waals surface area contributed by atoms with Crippen molar-refractivity contribution >= 4 is 30.7 Å². The lowest BCUT2D eigenvalue weighted by Crippen LogP contribution is -2.50. The number of rotatable bonds is 4. The lowest BCUT2D eigenvalue weighted by molar-refractivity contribution is -0.341. The highest BCUT2D eigenvalue weighted by molar-refractivity contribution is 14.1. The highest BCUT2D eigenvalue weighted by Crippen LogP contribution is 2.48. The van der Waals surface area contributed by atoms with E-state index in [-0.39, 0.29) is 15.7 Å². The normalized spacial score (nSPS) is 16.1. The second kappa shape index (κ2) is 5.29. The minimum absolute atomic E-state index is 0.122. The van der Waals surface area contributed by atoms with Gasteiger partial charge in [-0.3, -0.25) is 0 Å². The van der Waals surface area contributed by atoms with Crippen molar-refractivity contribution in [2.75, 3.05) is 0 Å². The first-order valence-corrected chi connectivity index (χ1v) is 9.58. The SMILES string of the molecule is C[Si](C)(C)C/C(I)=C/C(F)(F)C(F)(F)C(F)(F)F. The fourth-order valence-electron chi connectivity index (χ4n) is 1.03. The summed E-state index contributed by atoms with van der Waals surface area (Å²) in [5.41, 5.74) is 0. The molecule has 0 aromatic heterocycles. The summed E-state index contributed by atoms with van der Waals surface area (Å²) in [7, 11) is -1.86. The molecule has 0 atom stereocenters. The molecule has 0 saturated carbocycles. The quantitative estimate of drug-likeness (QED) is 0.329. The van der Waals surface area contributed by atoms with Gasteiger partial charge < -0.3 is 0 Å². The zero-order chi connectivity index (χ0) is 15.0. The van der Waals surface area contributed by atoms with Crippen molar-refractivity contribution in [2.45, 2.75) is 43.7 Å². The van der Waals surface area contributed by atoms with E-state index in [9.17, 15) is 30.7 Å². The molecule has 0 radical (unpaired) electrons. The average Bonchev–Trinajstić information content (AvgIpc) is 1.95. The van der Waals surface area contributed by atoms with Gasteiger partial charge >= 0.3 is 18.0 Å². The Bertz CT molecular complexity index is 327. The Kier molecular flexibility index (Phi) is 5.35. The summed E-state index contributed by atoms with van der Waals surface area (Å²) >= 11 is 1.38. The van der Waals surface area contributed by atoms with E-state index in [0.29, 0.717) is 0 Å². The molecule has 0 aromatic rings. The van der Waals surface area contributed by atoms with Gasteiger partial charge in [0, 0.05) is 14.1 Å². The first-order chi connectivity index (χ1) is 7.60. The van der Waals surface area contributed by atoms with E-state index in [1.165, 1.54) is 22.6 Å². The van der Waals surface area contributed by atoms with Gasteiger partial charge in [0.05, 0.1) is 0 Å². The van der Waals surface area contributed by atoms with Crippen molar-refractivity contribution in [2.24, 2.45) is 0 Å². The topological polar surface area (TPSA) is 0 Å². The molecule has 0 fully saturated rings. The van der Waals surface area contributed by atoms with Crippen LogP contribution in [0.4, 0.5) is 30.7 Å². The van der Waals surface area contributed by atoms with Gasteiger partial charge in [-0.25, -0.2) is 0 Å². The van der Waals surface area contributed by atoms with Crippen molar-refractivity contribution in [3.8, 4) is 0 Å². The van der Waals surface area contributed by atoms with Crippen LogP contribution in [0.3, 0.4) is 0 Å². The molecule has 9 heteroatoms. The number of hydrogen-bond donors (Lipinski definition) is 0. The number of halogens is 8. The van der Waals surface area contributed by atoms with Crippen LogP contribution in [0, 0.1) is 0 Å². The summed E-state index contributed by atoms with van der Waals surface area (Å²) in [6.07, 6.45) is -6.55. The molecule has 0 heterocycles. The highest BCUT2D eigenvalue weighted by atomic mass is 127. The van der Waals surface area contributed by atoms with Crippen molar-refractivity contribution in [3.63, 3.8) is 0 Å². The van der Waals surface area contributed by atoms with Crippen LogP contribution >= 0.6 is 22.6 Å². The molecule has 0 unspecified atom stereocenters. The summed E-state index contributed by atoms with van der Waals surface area (Å²) in [4.78, 5) is 0. The van der Waals surface area contributed by atoms with Gasteiger partial charge in [-0.15, -0.1) is 0 Å². The van der Waals surface area contributed by atoms with E-state index in [4.69, 9.17) is 0 Å². The van der Waals surface area contributed by atoms with Gasteiger partial charge in [-0.1, -0.05) is 19.6 Å². The largest absolute Gasteiger partial charge is 0.460 e. The molecule has 0 aliphatic carbocycles. The second-order valence-electron chi connectivity index (χ2n) is 5.02. The standard InChI is InChI=1S/C9H12F7ISi/c1-18(2,3)5-6(17)4-7(10,11)8(12,13)9(14,15)16/h4H,5H2,1-3H3/b6-4-. The molecular formula is C9H12F7ISi. The minimum atomic E-state index is -6.27. The molecule has 0 saturated heterocycles. The van der Waals surface area contributed by atoms with Crippen LogP contribution in [0.15, 0.2) is 9.66 Å². The molecular weight excluding hydrogens is 396 g/mol. The summed E-state index contributed by atoms with van der Waals surface area (Å²) < 4.78 is 86.6. The van der Waals surface area contributed by atoms with Gasteiger partial charge in [-0.2, -0.15) is 30.7 Å². The van der Waals surface area contributed by atoms with E-state index < -0.39 is 26.1 Å². The van der Waals surface area contributed by atoms with E-state index in [1.54, 1.807) is 19.6 Å². The fourth-order valence-corrected chi connectivity index (χ4v) is 5.97. The zero-order valence-electron chi connectivity index (χ0n) is 9.81. The third-order valence-electron chi connectivity index (χ3n) is 1.81. The lowest BCUT2D eigenvalue weighted by Gasteiger charge is -2.26. The maximum atomic E-state index is 13.0. The molecule has 0 bridgehead atoms. The van der Waals surface area contributed by atoms with E-state index in [2.05, 4.69) is 0 Å². The first-order valence-electron chi connectivity index (χ1n) is 4.80. The number of hydrogen-bond acceptors (Lipinski definition) is 0. The molecule has 0 N–H and O–H groups in total. The van der Waals surface area contributed by atoms with Crippen molar-refractivity contribution in [1.29, 1.82) is 0 Å². The molecule has 0 aliphatic rings. The Morgan fingerprint density at radius 1 is 1.00 bits per heavy atom. The molecule has 0 spiro atoms. The maximum absolute atomic E-state index is 13.0. The second-order valence-corrected chi connectivity index (χ2v) is 11.9. The summed E-state index contributed by atoms with van der Waals surface area (Å²) in [6.45, 7) is 5.37. The van der Waals surface area contributed by atoms with Crippen LogP contribution in [0.25, 0.3) is 0 Å². The molecule has 0 aliphatic heterocycles. The predicted octanol–water partition coefficient (Wildman–Crippen LogP) is 5.48. The van der Waals surface area contributed by atoms with Crippen LogP contribution < -0.4 is 0 Å². The van der Waals surface area contributed by atoms with Crippen LogP contribution in [-0.2, 0) is 0 Å². The number of allylic oxidation sites excluding steroid dienone is 2. The van der Waals surface area contributed by atoms with Crippen LogP contribution in [0.5, 0.6) is 0 Å². The molecule has 108 valence electrons. The third kappa shape index (κ3) is 4.70. The Morgan fingerprint density at radius 2 is 1.39 bits per heavy atom. The highest BCUT2D eigenvalue weighted by Gasteiger charge is 2.72. The predicted molar refractivity (Wildman–Crippen MR) is 66.2 cm³/mol. The molecule has 0 rings (SSSR count). The zero-order valence-corrected chi connectivity index (χ0v) is 13.0. The first kappa shape index (κ1) is 18.2. The van der Waals surface area contributed by atoms with Crippen LogP contribution in [0.2, 0.25) is 25.7 Å². The smallest absolute Gasteiger partial charge is 0.195 e. The molecule has 0 aromatic carbocycles. The Balaban J connectivity index is 5.24. The summed E-state index contributed by atoms with van der Waals surface area (Å²) in [5.74, 6) is -11.3. The van der Waals surface area contributed by atoms with Crippen molar-refractivity contribution in [3.05, 3.63) is 9.66 Å². The van der Waals surface area contributed by atoms with Crippen LogP contribution in [0.1, 0.15) is 0 Å². The average molecular weight is 408 g/mol. The maximum Gasteiger partial charge on any atom is 0.460 e. The van der Waals surface area contributed by atoms with Crippen molar-refractivity contribution in [1.82, 2.24) is 0 Å². The summed E-state index contributed by atoms with van der Waals surface area (Å²) in [5, 5.41) is 0. The van der Waals surface area contributed by atoms with Gasteiger partial charge in [0.2, 0.25) is 0 Å². The Labute approximate surface area is 115 Å². The fraction of sp³-hybridized carbons (Fsp3) is 0.778. The summed E-state index contributed by atoms with van der Waals surface area (Å²) in [6, 6.07) is 0.122. The van der Waals surface area contributed by atoms with E-state index in [0.717, 1.165) is 0 Å². The third-order valence-corrected chi connectivity index (χ3v) is 4.67. The van der Waals surface area contributed by atoms with Crippen molar-refractivity contribution < 1.29 is 30.7 Å². The number of alkyl halides is 7. The monoisotopic (exact) mass is 408 g/mol. The molecule has 18 heavy (non-hydrogen) atoms. The van der Waals surface area contributed by atoms with Gasteiger partial charge in [-0.05, 0) is 32.2 Å². The van der Waals surface area contributed by atoms with E-state index >= 15 is 0 Å². The Morgan fingerprint density at radius 3 is 1.67 bits per heavy atom. The van der Waals surface area contributed by atoms with Gasteiger partial charge in [0.1, 0.15) is 0 Å². The minimum Gasteiger partial charge on any atom is -0.195 e. The van der Waals surface area contributed by atoms with Gasteiger partial charge in [0.25, 0.3) is 0 Å².